The molecular weight excluding hydrogens is 298 g/mol. The molecule has 1 heterocycles. The van der Waals surface area contributed by atoms with Gasteiger partial charge in [-0.2, -0.15) is 0 Å². The van der Waals surface area contributed by atoms with Gasteiger partial charge in [-0.3, -0.25) is 4.79 Å². The van der Waals surface area contributed by atoms with E-state index in [4.69, 9.17) is 0 Å². The number of nitrogens with one attached hydrogen (secondary N) is 2. The van der Waals surface area contributed by atoms with E-state index >= 15 is 0 Å². The van der Waals surface area contributed by atoms with Crippen LogP contribution in [0.5, 0.6) is 0 Å². The molecule has 0 saturated carbocycles. The minimum Gasteiger partial charge on any atom is -0.465 e. The van der Waals surface area contributed by atoms with Gasteiger partial charge in [-0.15, -0.1) is 0 Å². The standard InChI is InChI=1S/C16H19N3O4/c1-9-12(14(20)19(2)3)13(18-16(22)17-9)10-5-7-11(8-6-10)15(21)23-4/h5-8,13H,1-4H3,(H2,17,18,22)/t13-/m0/s1. The van der Waals surface area contributed by atoms with Gasteiger partial charge in [0.2, 0.25) is 0 Å². The average Bonchev–Trinajstić information content (AvgIpc) is 2.53. The number of carbonyl (C=O) groups is 3. The van der Waals surface area contributed by atoms with Gasteiger partial charge >= 0.3 is 12.0 Å². The molecule has 2 N–H and O–H groups in total. The van der Waals surface area contributed by atoms with Gasteiger partial charge in [0.1, 0.15) is 0 Å². The third-order valence-electron chi connectivity index (χ3n) is 3.57. The number of allylic oxidation sites excluding steroid dienone is 1. The van der Waals surface area contributed by atoms with E-state index in [1.165, 1.54) is 12.0 Å². The molecule has 0 spiro atoms. The summed E-state index contributed by atoms with van der Waals surface area (Å²) >= 11 is 0. The van der Waals surface area contributed by atoms with Gasteiger partial charge in [-0.25, -0.2) is 9.59 Å². The van der Waals surface area contributed by atoms with Crippen LogP contribution in [-0.4, -0.2) is 44.0 Å². The molecule has 0 aliphatic carbocycles. The number of esters is 1. The molecule has 0 radical (unpaired) electrons. The largest absolute Gasteiger partial charge is 0.465 e. The second-order valence-corrected chi connectivity index (χ2v) is 5.38. The zero-order valence-corrected chi connectivity index (χ0v) is 13.5. The number of nitrogens with zero attached hydrogens (tertiary/aromatic N) is 1. The highest BCUT2D eigenvalue weighted by molar-refractivity contribution is 5.98. The van der Waals surface area contributed by atoms with E-state index < -0.39 is 12.0 Å². The van der Waals surface area contributed by atoms with Gasteiger partial charge in [0.05, 0.1) is 24.3 Å². The molecule has 7 nitrogen and oxygen atoms in total. The number of rotatable bonds is 3. The summed E-state index contributed by atoms with van der Waals surface area (Å²) in [6, 6.07) is 5.63. The van der Waals surface area contributed by atoms with Crippen molar-refractivity contribution in [1.29, 1.82) is 0 Å². The van der Waals surface area contributed by atoms with Crippen molar-refractivity contribution in [2.75, 3.05) is 21.2 Å². The normalized spacial score (nSPS) is 17.2. The van der Waals surface area contributed by atoms with Crippen LogP contribution in [0.3, 0.4) is 0 Å². The molecule has 1 aliphatic rings. The van der Waals surface area contributed by atoms with Gasteiger partial charge in [0.25, 0.3) is 5.91 Å². The number of carbonyl (C=O) groups excluding carboxylic acids is 3. The Morgan fingerprint density at radius 2 is 1.78 bits per heavy atom. The summed E-state index contributed by atoms with van der Waals surface area (Å²) in [5.74, 6) is -0.640. The van der Waals surface area contributed by atoms with Crippen LogP contribution in [0.4, 0.5) is 4.79 Å². The first-order valence-electron chi connectivity index (χ1n) is 7.03. The zero-order chi connectivity index (χ0) is 17.1. The highest BCUT2D eigenvalue weighted by atomic mass is 16.5. The predicted octanol–water partition coefficient (Wildman–Crippen LogP) is 1.19. The van der Waals surface area contributed by atoms with Crippen LogP contribution in [0.25, 0.3) is 0 Å². The van der Waals surface area contributed by atoms with E-state index in [1.54, 1.807) is 45.3 Å². The van der Waals surface area contributed by atoms with E-state index in [1.807, 2.05) is 0 Å². The molecule has 7 heteroatoms. The van der Waals surface area contributed by atoms with Gasteiger partial charge in [-0.05, 0) is 24.6 Å². The number of ether oxygens (including phenoxy) is 1. The lowest BCUT2D eigenvalue weighted by Crippen LogP contribution is -2.46. The van der Waals surface area contributed by atoms with Crippen molar-refractivity contribution in [1.82, 2.24) is 15.5 Å². The molecule has 23 heavy (non-hydrogen) atoms. The summed E-state index contributed by atoms with van der Waals surface area (Å²) in [6.07, 6.45) is 0. The van der Waals surface area contributed by atoms with Crippen molar-refractivity contribution >= 4 is 17.9 Å². The topological polar surface area (TPSA) is 87.7 Å². The maximum absolute atomic E-state index is 12.4. The number of likely N-dealkylation sites (N-methyl/N-ethyl adjacent to an activating group) is 1. The Morgan fingerprint density at radius 3 is 2.30 bits per heavy atom. The number of amides is 3. The van der Waals surface area contributed by atoms with Crippen LogP contribution in [0.2, 0.25) is 0 Å². The Balaban J connectivity index is 2.42. The smallest absolute Gasteiger partial charge is 0.337 e. The first-order valence-corrected chi connectivity index (χ1v) is 7.03. The average molecular weight is 317 g/mol. The summed E-state index contributed by atoms with van der Waals surface area (Å²) in [6.45, 7) is 1.69. The molecule has 1 aromatic rings. The zero-order valence-electron chi connectivity index (χ0n) is 13.5. The lowest BCUT2D eigenvalue weighted by Gasteiger charge is -2.30. The Morgan fingerprint density at radius 1 is 1.17 bits per heavy atom. The molecule has 1 atom stereocenters. The Kier molecular flexibility index (Phi) is 4.68. The SMILES string of the molecule is COC(=O)c1ccc([C@@H]2NC(=O)NC(C)=C2C(=O)N(C)C)cc1. The highest BCUT2D eigenvalue weighted by Crippen LogP contribution is 2.28. The summed E-state index contributed by atoms with van der Waals surface area (Å²) in [5, 5.41) is 5.35. The number of hydrogen-bond acceptors (Lipinski definition) is 4. The van der Waals surface area contributed by atoms with Crippen molar-refractivity contribution in [3.8, 4) is 0 Å². The minimum atomic E-state index is -0.578. The van der Waals surface area contributed by atoms with Crippen LogP contribution in [-0.2, 0) is 9.53 Å². The van der Waals surface area contributed by atoms with E-state index in [-0.39, 0.29) is 11.9 Å². The third kappa shape index (κ3) is 3.33. The fourth-order valence-corrected chi connectivity index (χ4v) is 2.40. The lowest BCUT2D eigenvalue weighted by atomic mass is 9.94. The predicted molar refractivity (Wildman–Crippen MR) is 83.6 cm³/mol. The van der Waals surface area contributed by atoms with Crippen molar-refractivity contribution in [2.45, 2.75) is 13.0 Å². The quantitative estimate of drug-likeness (QED) is 0.820. The molecule has 122 valence electrons. The maximum Gasteiger partial charge on any atom is 0.337 e. The molecular formula is C16H19N3O4. The van der Waals surface area contributed by atoms with Crippen LogP contribution in [0.1, 0.15) is 28.9 Å². The van der Waals surface area contributed by atoms with Crippen LogP contribution in [0.15, 0.2) is 35.5 Å². The van der Waals surface area contributed by atoms with E-state index in [0.29, 0.717) is 22.4 Å². The Hall–Kier alpha value is -2.83. The fourth-order valence-electron chi connectivity index (χ4n) is 2.40. The number of benzene rings is 1. The molecule has 0 fully saturated rings. The van der Waals surface area contributed by atoms with Crippen molar-refractivity contribution < 1.29 is 19.1 Å². The first kappa shape index (κ1) is 16.5. The van der Waals surface area contributed by atoms with Gasteiger partial charge < -0.3 is 20.3 Å². The Bertz CT molecular complexity index is 677. The molecule has 0 bridgehead atoms. The summed E-state index contributed by atoms with van der Waals surface area (Å²) in [7, 11) is 4.61. The van der Waals surface area contributed by atoms with E-state index in [0.717, 1.165) is 0 Å². The number of hydrogen-bond donors (Lipinski definition) is 2. The van der Waals surface area contributed by atoms with Gasteiger partial charge in [0, 0.05) is 19.8 Å². The first-order chi connectivity index (χ1) is 10.8. The second kappa shape index (κ2) is 6.51. The molecule has 0 saturated heterocycles. The minimum absolute atomic E-state index is 0.197. The third-order valence-corrected chi connectivity index (χ3v) is 3.57. The number of urea groups is 1. The summed E-state index contributed by atoms with van der Waals surface area (Å²) < 4.78 is 4.66. The van der Waals surface area contributed by atoms with Crippen LogP contribution < -0.4 is 10.6 Å². The van der Waals surface area contributed by atoms with Crippen molar-refractivity contribution in [3.05, 3.63) is 46.7 Å². The van der Waals surface area contributed by atoms with Gasteiger partial charge in [-0.1, -0.05) is 12.1 Å². The second-order valence-electron chi connectivity index (χ2n) is 5.38. The molecule has 1 aliphatic heterocycles. The monoisotopic (exact) mass is 317 g/mol. The maximum atomic E-state index is 12.4. The number of methoxy groups -OCH3 is 1. The molecule has 0 unspecified atom stereocenters. The van der Waals surface area contributed by atoms with Crippen molar-refractivity contribution in [3.63, 3.8) is 0 Å². The Labute approximate surface area is 134 Å². The van der Waals surface area contributed by atoms with Crippen molar-refractivity contribution in [2.24, 2.45) is 0 Å². The molecule has 2 rings (SSSR count). The fraction of sp³-hybridized carbons (Fsp3) is 0.312. The van der Waals surface area contributed by atoms with E-state index in [9.17, 15) is 14.4 Å². The molecule has 1 aromatic carbocycles. The molecule has 0 aromatic heterocycles. The van der Waals surface area contributed by atoms with E-state index in [2.05, 4.69) is 15.4 Å². The summed E-state index contributed by atoms with van der Waals surface area (Å²) in [4.78, 5) is 37.1. The van der Waals surface area contributed by atoms with Crippen LogP contribution in [0, 0.1) is 0 Å². The van der Waals surface area contributed by atoms with Crippen LogP contribution >= 0.6 is 0 Å². The summed E-state index contributed by atoms with van der Waals surface area (Å²) in [5.41, 5.74) is 2.07. The lowest BCUT2D eigenvalue weighted by molar-refractivity contribution is -0.125. The molecule has 3 amide bonds. The van der Waals surface area contributed by atoms with Gasteiger partial charge in [0.15, 0.2) is 0 Å². The highest BCUT2D eigenvalue weighted by Gasteiger charge is 2.31.